The second-order valence-corrected chi connectivity index (χ2v) is 10.3. The van der Waals surface area contributed by atoms with Crippen LogP contribution in [0.25, 0.3) is 11.1 Å². The number of carbonyl (C=O) groups is 1. The number of unbranched alkanes of at least 4 members (excludes halogenated alkanes) is 17. The highest BCUT2D eigenvalue weighted by molar-refractivity contribution is 5.88. The first-order valence-corrected chi connectivity index (χ1v) is 14.8. The predicted octanol–water partition coefficient (Wildman–Crippen LogP) is 10.5. The molecule has 0 aliphatic carbocycles. The van der Waals surface area contributed by atoms with Crippen LogP contribution in [-0.4, -0.2) is 17.7 Å². The molecule has 1 N–H and O–H groups in total. The number of carboxylic acids is 1. The van der Waals surface area contributed by atoms with Crippen molar-refractivity contribution in [2.24, 2.45) is 0 Å². The fraction of sp³-hybridized carbons (Fsp3) is 0.606. The fourth-order valence-electron chi connectivity index (χ4n) is 4.74. The summed E-state index contributed by atoms with van der Waals surface area (Å²) in [5, 5.41) is 9.02. The quantitative estimate of drug-likeness (QED) is 0.166. The van der Waals surface area contributed by atoms with Gasteiger partial charge in [0, 0.05) is 0 Å². The lowest BCUT2D eigenvalue weighted by molar-refractivity contribution is 0.0697. The van der Waals surface area contributed by atoms with Crippen LogP contribution in [-0.2, 0) is 0 Å². The van der Waals surface area contributed by atoms with Gasteiger partial charge in [0.05, 0.1) is 12.2 Å². The highest BCUT2D eigenvalue weighted by Gasteiger charge is 2.04. The topological polar surface area (TPSA) is 46.5 Å². The number of ether oxygens (including phenoxy) is 1. The van der Waals surface area contributed by atoms with Gasteiger partial charge in [-0.25, -0.2) is 4.79 Å². The lowest BCUT2D eigenvalue weighted by atomic mass is 10.0. The molecule has 2 rings (SSSR count). The number of aromatic carboxylic acids is 1. The predicted molar refractivity (Wildman–Crippen MR) is 153 cm³/mol. The molecule has 0 saturated carbocycles. The summed E-state index contributed by atoms with van der Waals surface area (Å²) in [5.74, 6) is -0.00207. The smallest absolute Gasteiger partial charge is 0.335 e. The van der Waals surface area contributed by atoms with Crippen molar-refractivity contribution in [3.05, 3.63) is 54.1 Å². The second kappa shape index (κ2) is 19.8. The van der Waals surface area contributed by atoms with E-state index in [1.807, 2.05) is 36.4 Å². The molecule has 36 heavy (non-hydrogen) atoms. The minimum atomic E-state index is -0.898. The van der Waals surface area contributed by atoms with Crippen LogP contribution in [0.15, 0.2) is 48.5 Å². The van der Waals surface area contributed by atoms with Gasteiger partial charge in [-0.05, 0) is 41.8 Å². The van der Waals surface area contributed by atoms with E-state index >= 15 is 0 Å². The molecule has 0 radical (unpaired) electrons. The third kappa shape index (κ3) is 13.7. The summed E-state index contributed by atoms with van der Waals surface area (Å²) < 4.78 is 5.90. The summed E-state index contributed by atoms with van der Waals surface area (Å²) in [6, 6.07) is 15.0. The fourth-order valence-corrected chi connectivity index (χ4v) is 4.74. The van der Waals surface area contributed by atoms with E-state index in [0.717, 1.165) is 29.9 Å². The Labute approximate surface area is 220 Å². The van der Waals surface area contributed by atoms with Gasteiger partial charge in [0.2, 0.25) is 0 Å². The molecule has 0 aromatic heterocycles. The van der Waals surface area contributed by atoms with Gasteiger partial charge < -0.3 is 9.84 Å². The molecular formula is C33H50O3. The van der Waals surface area contributed by atoms with E-state index in [-0.39, 0.29) is 0 Å². The van der Waals surface area contributed by atoms with Gasteiger partial charge in [0.1, 0.15) is 5.75 Å². The zero-order valence-corrected chi connectivity index (χ0v) is 22.8. The summed E-state index contributed by atoms with van der Waals surface area (Å²) >= 11 is 0. The summed E-state index contributed by atoms with van der Waals surface area (Å²) in [6.07, 6.45) is 25.0. The molecule has 0 bridgehead atoms. The molecule has 3 heteroatoms. The number of hydrogen-bond donors (Lipinski definition) is 1. The zero-order chi connectivity index (χ0) is 25.7. The van der Waals surface area contributed by atoms with E-state index in [4.69, 9.17) is 9.84 Å². The third-order valence-corrected chi connectivity index (χ3v) is 7.09. The van der Waals surface area contributed by atoms with Crippen LogP contribution in [0.2, 0.25) is 0 Å². The Hall–Kier alpha value is -2.29. The molecule has 0 saturated heterocycles. The molecule has 0 heterocycles. The monoisotopic (exact) mass is 494 g/mol. The lowest BCUT2D eigenvalue weighted by Gasteiger charge is -2.08. The van der Waals surface area contributed by atoms with Crippen molar-refractivity contribution < 1.29 is 14.6 Å². The van der Waals surface area contributed by atoms with E-state index in [1.165, 1.54) is 109 Å². The van der Waals surface area contributed by atoms with E-state index < -0.39 is 5.97 Å². The molecule has 0 unspecified atom stereocenters. The maximum Gasteiger partial charge on any atom is 0.335 e. The highest BCUT2D eigenvalue weighted by atomic mass is 16.5. The second-order valence-electron chi connectivity index (χ2n) is 10.3. The van der Waals surface area contributed by atoms with Crippen molar-refractivity contribution in [3.8, 4) is 16.9 Å². The first kappa shape index (κ1) is 29.9. The summed E-state index contributed by atoms with van der Waals surface area (Å²) in [7, 11) is 0. The number of rotatable bonds is 22. The van der Waals surface area contributed by atoms with Crippen molar-refractivity contribution >= 4 is 5.97 Å². The Morgan fingerprint density at radius 3 is 1.31 bits per heavy atom. The molecule has 0 atom stereocenters. The molecule has 0 aliphatic heterocycles. The van der Waals surface area contributed by atoms with Crippen LogP contribution in [0, 0.1) is 0 Å². The zero-order valence-electron chi connectivity index (χ0n) is 22.8. The molecule has 0 amide bonds. The van der Waals surface area contributed by atoms with Crippen LogP contribution in [0.1, 0.15) is 133 Å². The first-order chi connectivity index (χ1) is 17.7. The van der Waals surface area contributed by atoms with E-state index in [0.29, 0.717) is 5.56 Å². The largest absolute Gasteiger partial charge is 0.494 e. The Balaban J connectivity index is 1.37. The molecule has 0 aliphatic rings. The van der Waals surface area contributed by atoms with Crippen molar-refractivity contribution in [2.75, 3.05) is 6.61 Å². The van der Waals surface area contributed by atoms with Crippen molar-refractivity contribution in [2.45, 2.75) is 122 Å². The Kier molecular flexibility index (Phi) is 16.5. The molecule has 0 spiro atoms. The van der Waals surface area contributed by atoms with Gasteiger partial charge in [-0.3, -0.25) is 0 Å². The average Bonchev–Trinajstić information content (AvgIpc) is 2.90. The molecule has 0 fully saturated rings. The summed E-state index contributed by atoms with van der Waals surface area (Å²) in [6.45, 7) is 3.06. The van der Waals surface area contributed by atoms with Crippen LogP contribution >= 0.6 is 0 Å². The van der Waals surface area contributed by atoms with Gasteiger partial charge in [0.15, 0.2) is 0 Å². The lowest BCUT2D eigenvalue weighted by Crippen LogP contribution is -1.97. The maximum atomic E-state index is 11.0. The van der Waals surface area contributed by atoms with Gasteiger partial charge >= 0.3 is 5.97 Å². The maximum absolute atomic E-state index is 11.0. The van der Waals surface area contributed by atoms with Crippen molar-refractivity contribution in [3.63, 3.8) is 0 Å². The normalized spacial score (nSPS) is 11.0. The Bertz CT molecular complexity index is 795. The van der Waals surface area contributed by atoms with E-state index in [9.17, 15) is 4.79 Å². The SMILES string of the molecule is CCCCCCCCCCCCCCCCCCCCOc1ccc(-c2ccc(C(=O)O)cc2)cc1. The van der Waals surface area contributed by atoms with Crippen LogP contribution in [0.3, 0.4) is 0 Å². The molecule has 200 valence electrons. The number of hydrogen-bond acceptors (Lipinski definition) is 2. The third-order valence-electron chi connectivity index (χ3n) is 7.09. The Morgan fingerprint density at radius 1 is 0.556 bits per heavy atom. The minimum absolute atomic E-state index is 0.308. The standard InChI is InChI=1S/C33H50O3/c1-2-3-4-5-6-7-8-9-10-11-12-13-14-15-16-17-18-19-28-36-32-26-24-30(25-27-32)29-20-22-31(23-21-29)33(34)35/h20-27H,2-19,28H2,1H3,(H,34,35). The van der Waals surface area contributed by atoms with Crippen molar-refractivity contribution in [1.82, 2.24) is 0 Å². The Morgan fingerprint density at radius 2 is 0.917 bits per heavy atom. The minimum Gasteiger partial charge on any atom is -0.494 e. The van der Waals surface area contributed by atoms with Gasteiger partial charge in [0.25, 0.3) is 0 Å². The van der Waals surface area contributed by atoms with E-state index in [2.05, 4.69) is 6.92 Å². The van der Waals surface area contributed by atoms with Gasteiger partial charge in [-0.15, -0.1) is 0 Å². The van der Waals surface area contributed by atoms with Crippen LogP contribution < -0.4 is 4.74 Å². The van der Waals surface area contributed by atoms with Crippen molar-refractivity contribution in [1.29, 1.82) is 0 Å². The van der Waals surface area contributed by atoms with Crippen LogP contribution in [0.5, 0.6) is 5.75 Å². The first-order valence-electron chi connectivity index (χ1n) is 14.8. The average molecular weight is 495 g/mol. The van der Waals surface area contributed by atoms with Gasteiger partial charge in [-0.2, -0.15) is 0 Å². The molecule has 3 nitrogen and oxygen atoms in total. The number of carboxylic acid groups (broad SMARTS) is 1. The van der Waals surface area contributed by atoms with E-state index in [1.54, 1.807) is 12.1 Å². The summed E-state index contributed by atoms with van der Waals surface area (Å²) in [5.41, 5.74) is 2.38. The molecule has 2 aromatic carbocycles. The molecule has 2 aromatic rings. The van der Waals surface area contributed by atoms with Gasteiger partial charge in [-0.1, -0.05) is 140 Å². The summed E-state index contributed by atoms with van der Waals surface area (Å²) in [4.78, 5) is 11.0. The number of benzene rings is 2. The molecular weight excluding hydrogens is 444 g/mol. The van der Waals surface area contributed by atoms with Crippen LogP contribution in [0.4, 0.5) is 0 Å². The highest BCUT2D eigenvalue weighted by Crippen LogP contribution is 2.23.